The first kappa shape index (κ1) is 28.1. The zero-order valence-corrected chi connectivity index (χ0v) is 19.4. The van der Waals surface area contributed by atoms with Gasteiger partial charge in [-0.15, -0.1) is 0 Å². The van der Waals surface area contributed by atoms with E-state index in [4.69, 9.17) is 21.3 Å². The minimum atomic E-state index is -4.36. The minimum Gasteiger partial charge on any atom is -0.329 e. The number of piperazine rings is 2. The third kappa shape index (κ3) is 11.6. The fourth-order valence-electron chi connectivity index (χ4n) is 3.80. The molecule has 0 aliphatic carbocycles. The second-order valence-corrected chi connectivity index (χ2v) is 11.3. The molecular formula is C16H40N6O6P2. The van der Waals surface area contributed by atoms with Crippen LogP contribution in [0.25, 0.3) is 0 Å². The second kappa shape index (κ2) is 14.3. The summed E-state index contributed by atoms with van der Waals surface area (Å²) < 4.78 is 22.6. The largest absolute Gasteiger partial charge is 0.330 e. The molecule has 2 aliphatic rings. The van der Waals surface area contributed by atoms with E-state index < -0.39 is 20.9 Å². The van der Waals surface area contributed by atoms with E-state index in [1.165, 1.54) is 0 Å². The van der Waals surface area contributed by atoms with E-state index in [1.807, 2.05) is 4.90 Å². The molecule has 2 fully saturated rings. The molecule has 0 spiro atoms. The Morgan fingerprint density at radius 1 is 0.933 bits per heavy atom. The average molecular weight is 474 g/mol. The van der Waals surface area contributed by atoms with E-state index in [-0.39, 0.29) is 25.0 Å². The highest BCUT2D eigenvalue weighted by Gasteiger charge is 2.40. The van der Waals surface area contributed by atoms with Crippen molar-refractivity contribution in [2.75, 3.05) is 78.2 Å². The number of nitrogens with two attached hydrogens (primary N) is 2. The predicted molar refractivity (Wildman–Crippen MR) is 118 cm³/mol. The van der Waals surface area contributed by atoms with E-state index in [2.05, 4.69) is 15.5 Å². The SMILES string of the molecule is NCCN1CCNCC1.NCCN1CCNCC1C(CCCP(=O)(O)O)P(=O)(O)O. The minimum absolute atomic E-state index is 0.0722. The lowest BCUT2D eigenvalue weighted by Crippen LogP contribution is -2.57. The molecule has 2 unspecified atom stereocenters. The smallest absolute Gasteiger partial charge is 0.329 e. The summed E-state index contributed by atoms with van der Waals surface area (Å²) in [6, 6.07) is -0.375. The number of rotatable bonds is 10. The van der Waals surface area contributed by atoms with Crippen LogP contribution in [0.2, 0.25) is 0 Å². The molecule has 0 saturated carbocycles. The maximum atomic E-state index is 11.8. The van der Waals surface area contributed by atoms with E-state index in [0.29, 0.717) is 26.2 Å². The zero-order chi connectivity index (χ0) is 22.6. The van der Waals surface area contributed by atoms with E-state index in [0.717, 1.165) is 45.8 Å². The first-order valence-electron chi connectivity index (χ1n) is 10.5. The average Bonchev–Trinajstić information content (AvgIpc) is 2.66. The normalized spacial score (nSPS) is 22.9. The third-order valence-electron chi connectivity index (χ3n) is 5.30. The lowest BCUT2D eigenvalue weighted by molar-refractivity contribution is 0.148. The summed E-state index contributed by atoms with van der Waals surface area (Å²) in [6.07, 6.45) is -0.212. The molecule has 0 aromatic rings. The van der Waals surface area contributed by atoms with Gasteiger partial charge in [-0.05, 0) is 12.8 Å². The van der Waals surface area contributed by atoms with Crippen LogP contribution in [0.4, 0.5) is 0 Å². The van der Waals surface area contributed by atoms with Gasteiger partial charge in [0.25, 0.3) is 0 Å². The van der Waals surface area contributed by atoms with Crippen molar-refractivity contribution in [2.45, 2.75) is 24.5 Å². The van der Waals surface area contributed by atoms with Gasteiger partial charge in [0, 0.05) is 84.2 Å². The quantitative estimate of drug-likeness (QED) is 0.156. The highest BCUT2D eigenvalue weighted by Crippen LogP contribution is 2.47. The predicted octanol–water partition coefficient (Wildman–Crippen LogP) is -2.43. The molecule has 14 heteroatoms. The number of hydrogen-bond donors (Lipinski definition) is 8. The van der Waals surface area contributed by atoms with Crippen LogP contribution >= 0.6 is 15.2 Å². The fourth-order valence-corrected chi connectivity index (χ4v) is 5.65. The maximum Gasteiger partial charge on any atom is 0.330 e. The van der Waals surface area contributed by atoms with Crippen LogP contribution in [0.15, 0.2) is 0 Å². The lowest BCUT2D eigenvalue weighted by atomic mass is 10.1. The summed E-state index contributed by atoms with van der Waals surface area (Å²) in [5.41, 5.74) is 9.98. The lowest BCUT2D eigenvalue weighted by Gasteiger charge is -2.40. The van der Waals surface area contributed by atoms with Gasteiger partial charge in [-0.3, -0.25) is 18.9 Å². The van der Waals surface area contributed by atoms with Crippen LogP contribution in [0.1, 0.15) is 12.8 Å². The van der Waals surface area contributed by atoms with Crippen molar-refractivity contribution in [2.24, 2.45) is 11.5 Å². The standard InChI is InChI=1S/C10H25N3O6P2.C6H15N3/c11-3-5-13-6-4-12-8-9(13)10(21(17,18)19)2-1-7-20(14,15)16;7-1-4-9-5-2-8-3-6-9/h9-10,12H,1-8,11H2,(H2,14,15,16)(H2,17,18,19);8H,1-7H2. The summed E-state index contributed by atoms with van der Waals surface area (Å²) in [6.45, 7) is 9.18. The van der Waals surface area contributed by atoms with E-state index >= 15 is 0 Å². The summed E-state index contributed by atoms with van der Waals surface area (Å²) in [7, 11) is -8.51. The van der Waals surface area contributed by atoms with Gasteiger partial charge in [-0.1, -0.05) is 0 Å². The molecule has 2 heterocycles. The second-order valence-electron chi connectivity index (χ2n) is 7.66. The molecule has 2 atom stereocenters. The van der Waals surface area contributed by atoms with Gasteiger partial charge in [0.05, 0.1) is 5.66 Å². The van der Waals surface area contributed by atoms with Gasteiger partial charge >= 0.3 is 15.2 Å². The summed E-state index contributed by atoms with van der Waals surface area (Å²) in [5.74, 6) is 0. The van der Waals surface area contributed by atoms with Crippen LogP contribution in [0.5, 0.6) is 0 Å². The Kier molecular flexibility index (Phi) is 13.4. The highest BCUT2D eigenvalue weighted by atomic mass is 31.2. The third-order valence-corrected chi connectivity index (χ3v) is 7.66. The Morgan fingerprint density at radius 2 is 1.53 bits per heavy atom. The van der Waals surface area contributed by atoms with Crippen molar-refractivity contribution in [1.29, 1.82) is 0 Å². The fraction of sp³-hybridized carbons (Fsp3) is 1.00. The molecule has 30 heavy (non-hydrogen) atoms. The monoisotopic (exact) mass is 474 g/mol. The van der Waals surface area contributed by atoms with Gasteiger partial charge in [0.15, 0.2) is 0 Å². The molecule has 2 saturated heterocycles. The molecule has 0 amide bonds. The number of nitrogens with zero attached hydrogens (tertiary/aromatic N) is 2. The topological polar surface area (TPSA) is 198 Å². The first-order chi connectivity index (χ1) is 14.1. The van der Waals surface area contributed by atoms with Gasteiger partial charge in [-0.2, -0.15) is 0 Å². The van der Waals surface area contributed by atoms with Crippen molar-refractivity contribution >= 4 is 15.2 Å². The molecule has 180 valence electrons. The molecule has 2 aliphatic heterocycles. The van der Waals surface area contributed by atoms with E-state index in [1.54, 1.807) is 0 Å². The molecule has 2 rings (SSSR count). The Hall–Kier alpha value is 0.0600. The molecule has 12 nitrogen and oxygen atoms in total. The van der Waals surface area contributed by atoms with Crippen molar-refractivity contribution < 1.29 is 28.7 Å². The number of nitrogens with one attached hydrogen (secondary N) is 2. The van der Waals surface area contributed by atoms with Gasteiger partial charge < -0.3 is 41.7 Å². The zero-order valence-electron chi connectivity index (χ0n) is 17.6. The van der Waals surface area contributed by atoms with Crippen molar-refractivity contribution in [3.63, 3.8) is 0 Å². The van der Waals surface area contributed by atoms with Crippen LogP contribution in [-0.4, -0.2) is 119 Å². The molecule has 10 N–H and O–H groups in total. The molecule has 0 aromatic carbocycles. The van der Waals surface area contributed by atoms with Gasteiger partial charge in [0.1, 0.15) is 0 Å². The Morgan fingerprint density at radius 3 is 2.07 bits per heavy atom. The molecule has 0 aromatic heterocycles. The molecule has 0 radical (unpaired) electrons. The Labute approximate surface area is 179 Å². The molecular weight excluding hydrogens is 434 g/mol. The maximum absolute atomic E-state index is 11.8. The van der Waals surface area contributed by atoms with Crippen LogP contribution in [0.3, 0.4) is 0 Å². The Balaban J connectivity index is 0.000000414. The molecule has 0 bridgehead atoms. The van der Waals surface area contributed by atoms with Gasteiger partial charge in [-0.25, -0.2) is 0 Å². The Bertz CT molecular complexity index is 552. The highest BCUT2D eigenvalue weighted by molar-refractivity contribution is 7.52. The first-order valence-corrected chi connectivity index (χ1v) is 13.9. The summed E-state index contributed by atoms with van der Waals surface area (Å²) in [4.78, 5) is 41.2. The van der Waals surface area contributed by atoms with Crippen LogP contribution < -0.4 is 22.1 Å². The van der Waals surface area contributed by atoms with Crippen molar-refractivity contribution in [3.8, 4) is 0 Å². The van der Waals surface area contributed by atoms with Crippen LogP contribution in [0, 0.1) is 0 Å². The van der Waals surface area contributed by atoms with E-state index in [9.17, 15) is 18.9 Å². The van der Waals surface area contributed by atoms with Gasteiger partial charge in [0.2, 0.25) is 0 Å². The number of hydrogen-bond acceptors (Lipinski definition) is 8. The summed E-state index contributed by atoms with van der Waals surface area (Å²) >= 11 is 0. The van der Waals surface area contributed by atoms with Crippen molar-refractivity contribution in [3.05, 3.63) is 0 Å². The van der Waals surface area contributed by atoms with Crippen LogP contribution in [-0.2, 0) is 9.13 Å². The summed E-state index contributed by atoms with van der Waals surface area (Å²) in [5, 5.41) is 6.39. The van der Waals surface area contributed by atoms with Crippen molar-refractivity contribution in [1.82, 2.24) is 20.4 Å².